The second-order valence-electron chi connectivity index (χ2n) is 7.18. The maximum atomic E-state index is 12.3. The maximum Gasteiger partial charge on any atom is 0.348 e. The van der Waals surface area contributed by atoms with Crippen molar-refractivity contribution in [3.63, 3.8) is 0 Å². The molecule has 0 saturated heterocycles. The Hall–Kier alpha value is -2.19. The number of nitrogens with zero attached hydrogens (tertiary/aromatic N) is 1. The summed E-state index contributed by atoms with van der Waals surface area (Å²) in [5.74, 6) is -0.192. The number of aryl methyl sites for hydroxylation is 1. The van der Waals surface area contributed by atoms with Gasteiger partial charge in [-0.05, 0) is 61.1 Å². The van der Waals surface area contributed by atoms with E-state index in [0.29, 0.717) is 22.0 Å². The number of esters is 1. The van der Waals surface area contributed by atoms with Crippen LogP contribution >= 0.6 is 11.3 Å². The van der Waals surface area contributed by atoms with E-state index >= 15 is 0 Å². The van der Waals surface area contributed by atoms with Crippen LogP contribution in [0.1, 0.15) is 43.8 Å². The molecule has 1 atom stereocenters. The van der Waals surface area contributed by atoms with Gasteiger partial charge in [-0.3, -0.25) is 9.10 Å². The Labute approximate surface area is 169 Å². The number of carbonyl (C=O) groups is 2. The van der Waals surface area contributed by atoms with E-state index in [1.165, 1.54) is 41.0 Å². The molecule has 1 heterocycles. The number of sulfonamides is 1. The molecule has 0 spiro atoms. The molecule has 0 amide bonds. The first-order chi connectivity index (χ1) is 13.1. The van der Waals surface area contributed by atoms with E-state index in [0.717, 1.165) is 29.8 Å². The summed E-state index contributed by atoms with van der Waals surface area (Å²) in [6, 6.07) is 8.03. The van der Waals surface area contributed by atoms with Gasteiger partial charge in [-0.1, -0.05) is 6.92 Å². The van der Waals surface area contributed by atoms with Crippen LogP contribution in [-0.4, -0.2) is 40.1 Å². The van der Waals surface area contributed by atoms with Gasteiger partial charge in [0.2, 0.25) is 10.0 Å². The fourth-order valence-corrected chi connectivity index (χ4v) is 4.75. The van der Waals surface area contributed by atoms with Gasteiger partial charge in [0.1, 0.15) is 4.88 Å². The molecule has 0 bridgehead atoms. The number of hydrogen-bond donors (Lipinski definition) is 0. The third-order valence-corrected chi connectivity index (χ3v) is 7.34. The van der Waals surface area contributed by atoms with Crippen LogP contribution in [0.3, 0.4) is 0 Å². The summed E-state index contributed by atoms with van der Waals surface area (Å²) in [6.07, 6.45) is 4.20. The minimum Gasteiger partial charge on any atom is -0.453 e. The summed E-state index contributed by atoms with van der Waals surface area (Å²) < 4.78 is 29.4. The molecule has 0 unspecified atom stereocenters. The summed E-state index contributed by atoms with van der Waals surface area (Å²) in [5, 5.41) is 0. The Morgan fingerprint density at radius 1 is 1.25 bits per heavy atom. The molecule has 1 aromatic heterocycles. The smallest absolute Gasteiger partial charge is 0.348 e. The molecule has 3 rings (SSSR count). The van der Waals surface area contributed by atoms with Gasteiger partial charge in [0.25, 0.3) is 0 Å². The molecule has 0 saturated carbocycles. The maximum absolute atomic E-state index is 12.3. The fraction of sp³-hybridized carbons (Fsp3) is 0.400. The zero-order valence-electron chi connectivity index (χ0n) is 16.1. The van der Waals surface area contributed by atoms with Gasteiger partial charge in [0, 0.05) is 17.5 Å². The highest BCUT2D eigenvalue weighted by atomic mass is 32.2. The van der Waals surface area contributed by atoms with Crippen molar-refractivity contribution < 1.29 is 22.7 Å². The molecular formula is C20H23NO5S2. The van der Waals surface area contributed by atoms with Crippen molar-refractivity contribution >= 4 is 38.8 Å². The molecular weight excluding hydrogens is 398 g/mol. The highest BCUT2D eigenvalue weighted by Crippen LogP contribution is 2.32. The molecule has 150 valence electrons. The fourth-order valence-electron chi connectivity index (χ4n) is 3.14. The van der Waals surface area contributed by atoms with E-state index in [-0.39, 0.29) is 12.4 Å². The number of rotatable bonds is 6. The minimum atomic E-state index is -3.37. The van der Waals surface area contributed by atoms with Crippen molar-refractivity contribution in [3.05, 3.63) is 51.2 Å². The average molecular weight is 422 g/mol. The van der Waals surface area contributed by atoms with Gasteiger partial charge >= 0.3 is 5.97 Å². The zero-order valence-corrected chi connectivity index (χ0v) is 17.7. The summed E-state index contributed by atoms with van der Waals surface area (Å²) in [7, 11) is -1.93. The Balaban J connectivity index is 1.60. The van der Waals surface area contributed by atoms with E-state index in [1.54, 1.807) is 12.1 Å². The Morgan fingerprint density at radius 2 is 1.93 bits per heavy atom. The number of thiophene rings is 1. The van der Waals surface area contributed by atoms with E-state index in [4.69, 9.17) is 4.74 Å². The molecule has 1 aliphatic rings. The molecule has 1 aliphatic carbocycles. The normalized spacial score (nSPS) is 16.3. The Bertz CT molecular complexity index is 992. The van der Waals surface area contributed by atoms with Crippen LogP contribution in [-0.2, 0) is 27.6 Å². The summed E-state index contributed by atoms with van der Waals surface area (Å²) in [6.45, 7) is 1.86. The van der Waals surface area contributed by atoms with Gasteiger partial charge in [-0.25, -0.2) is 13.2 Å². The van der Waals surface area contributed by atoms with Crippen LogP contribution in [0, 0.1) is 5.92 Å². The van der Waals surface area contributed by atoms with Crippen molar-refractivity contribution in [1.29, 1.82) is 0 Å². The molecule has 6 nitrogen and oxygen atoms in total. The molecule has 0 radical (unpaired) electrons. The summed E-state index contributed by atoms with van der Waals surface area (Å²) >= 11 is 1.45. The summed E-state index contributed by atoms with van der Waals surface area (Å²) in [4.78, 5) is 26.4. The molecule has 1 aromatic carbocycles. The van der Waals surface area contributed by atoms with Gasteiger partial charge in [-0.2, -0.15) is 0 Å². The van der Waals surface area contributed by atoms with Crippen LogP contribution in [0.2, 0.25) is 0 Å². The molecule has 0 fully saturated rings. The second kappa shape index (κ2) is 8.05. The average Bonchev–Trinajstić information content (AvgIpc) is 3.07. The van der Waals surface area contributed by atoms with E-state index in [9.17, 15) is 18.0 Å². The first kappa shape index (κ1) is 20.5. The number of carbonyl (C=O) groups excluding carboxylic acids is 2. The van der Waals surface area contributed by atoms with Crippen LogP contribution in [0.4, 0.5) is 5.69 Å². The molecule has 0 N–H and O–H groups in total. The van der Waals surface area contributed by atoms with Crippen LogP contribution in [0.5, 0.6) is 0 Å². The topological polar surface area (TPSA) is 80.8 Å². The number of fused-ring (bicyclic) bond motifs is 1. The monoisotopic (exact) mass is 421 g/mol. The standard InChI is InChI=1S/C20H23NO5S2/c1-13-4-9-18-15(10-13)11-19(27-18)20(23)26-12-17(22)14-5-7-16(8-6-14)21(2)28(3,24)25/h5-8,11,13H,4,9-10,12H2,1-3H3/t13-/m1/s1. The van der Waals surface area contributed by atoms with E-state index in [2.05, 4.69) is 6.92 Å². The molecule has 2 aromatic rings. The number of benzene rings is 1. The first-order valence-electron chi connectivity index (χ1n) is 9.01. The van der Waals surface area contributed by atoms with Gasteiger partial charge in [-0.15, -0.1) is 11.3 Å². The lowest BCUT2D eigenvalue weighted by molar-refractivity contribution is 0.0479. The summed E-state index contributed by atoms with van der Waals surface area (Å²) in [5.41, 5.74) is 2.03. The number of anilines is 1. The number of ketones is 1. The Morgan fingerprint density at radius 3 is 2.57 bits per heavy atom. The van der Waals surface area contributed by atoms with Gasteiger partial charge in [0.15, 0.2) is 12.4 Å². The van der Waals surface area contributed by atoms with E-state index < -0.39 is 16.0 Å². The van der Waals surface area contributed by atoms with Crippen molar-refractivity contribution in [1.82, 2.24) is 0 Å². The minimum absolute atomic E-state index is 0.336. The zero-order chi connectivity index (χ0) is 20.5. The predicted octanol–water partition coefficient (Wildman–Crippen LogP) is 3.31. The van der Waals surface area contributed by atoms with Crippen molar-refractivity contribution in [2.45, 2.75) is 26.2 Å². The molecule has 8 heteroatoms. The van der Waals surface area contributed by atoms with Crippen molar-refractivity contribution in [2.75, 3.05) is 24.2 Å². The highest BCUT2D eigenvalue weighted by molar-refractivity contribution is 7.92. The third-order valence-electron chi connectivity index (χ3n) is 4.92. The lowest BCUT2D eigenvalue weighted by Gasteiger charge is -2.16. The van der Waals surface area contributed by atoms with Gasteiger partial charge < -0.3 is 4.74 Å². The second-order valence-corrected chi connectivity index (χ2v) is 10.3. The first-order valence-corrected chi connectivity index (χ1v) is 11.7. The lowest BCUT2D eigenvalue weighted by Crippen LogP contribution is -2.24. The van der Waals surface area contributed by atoms with Crippen LogP contribution in [0.25, 0.3) is 0 Å². The van der Waals surface area contributed by atoms with Gasteiger partial charge in [0.05, 0.1) is 11.9 Å². The van der Waals surface area contributed by atoms with Crippen molar-refractivity contribution in [2.24, 2.45) is 5.92 Å². The lowest BCUT2D eigenvalue weighted by atomic mass is 9.90. The Kier molecular flexibility index (Phi) is 5.90. The predicted molar refractivity (Wildman–Crippen MR) is 110 cm³/mol. The largest absolute Gasteiger partial charge is 0.453 e. The van der Waals surface area contributed by atoms with E-state index in [1.807, 2.05) is 6.07 Å². The molecule has 28 heavy (non-hydrogen) atoms. The number of hydrogen-bond acceptors (Lipinski definition) is 6. The molecule has 0 aliphatic heterocycles. The van der Waals surface area contributed by atoms with Crippen LogP contribution in [0.15, 0.2) is 30.3 Å². The third kappa shape index (κ3) is 4.62. The van der Waals surface area contributed by atoms with Crippen molar-refractivity contribution in [3.8, 4) is 0 Å². The van der Waals surface area contributed by atoms with Crippen LogP contribution < -0.4 is 4.31 Å². The quantitative estimate of drug-likeness (QED) is 0.528. The SMILES string of the molecule is C[C@@H]1CCc2sc(C(=O)OCC(=O)c3ccc(N(C)S(C)(=O)=O)cc3)cc2C1. The number of ether oxygens (including phenoxy) is 1. The number of Topliss-reactive ketones (excluding diaryl/α,β-unsaturated/α-hetero) is 1. The highest BCUT2D eigenvalue weighted by Gasteiger charge is 2.22.